The molecule has 0 aliphatic heterocycles. The number of likely N-dealkylation sites (N-methyl/N-ethyl adjacent to an activating group) is 1. The fourth-order valence-corrected chi connectivity index (χ4v) is 1.85. The Morgan fingerprint density at radius 3 is 2.42 bits per heavy atom. The minimum atomic E-state index is -4.45. The molecule has 0 fully saturated rings. The summed E-state index contributed by atoms with van der Waals surface area (Å²) < 4.78 is 49.1. The number of aromatic nitrogens is 1. The van der Waals surface area contributed by atoms with Gasteiger partial charge in [-0.15, -0.1) is 0 Å². The number of rotatable bonds is 6. The summed E-state index contributed by atoms with van der Waals surface area (Å²) in [4.78, 5) is 3.76. The van der Waals surface area contributed by atoms with E-state index in [2.05, 4.69) is 10.3 Å². The minimum Gasteiger partial charge on any atom is -0.354 e. The van der Waals surface area contributed by atoms with Crippen LogP contribution in [-0.2, 0) is 15.7 Å². The van der Waals surface area contributed by atoms with Crippen LogP contribution in [0.1, 0.15) is 24.1 Å². The van der Waals surface area contributed by atoms with Crippen LogP contribution < -0.4 is 5.32 Å². The number of nitrogens with zero attached hydrogens (tertiary/aromatic N) is 1. The molecule has 1 aromatic heterocycles. The van der Waals surface area contributed by atoms with Gasteiger partial charge in [-0.1, -0.05) is 6.92 Å². The molecule has 4 nitrogen and oxygen atoms in total. The molecule has 1 heterocycles. The van der Waals surface area contributed by atoms with Crippen LogP contribution in [0.4, 0.5) is 13.2 Å². The van der Waals surface area contributed by atoms with Gasteiger partial charge in [0.05, 0.1) is 11.6 Å². The van der Waals surface area contributed by atoms with Crippen LogP contribution in [0.3, 0.4) is 0 Å². The molecule has 1 unspecified atom stereocenters. The lowest BCUT2D eigenvalue weighted by molar-refractivity contribution is -0.143. The number of ether oxygens (including phenoxy) is 2. The zero-order valence-electron chi connectivity index (χ0n) is 11.0. The zero-order chi connectivity index (χ0) is 14.5. The van der Waals surface area contributed by atoms with Gasteiger partial charge in [0.25, 0.3) is 0 Å². The number of pyridine rings is 1. The molecule has 0 bridgehead atoms. The molecular weight excluding hydrogens is 261 g/mol. The average Bonchev–Trinajstić information content (AvgIpc) is 2.38. The number of nitrogens with one attached hydrogen (secondary N) is 1. The number of alkyl halides is 3. The molecule has 108 valence electrons. The van der Waals surface area contributed by atoms with Gasteiger partial charge >= 0.3 is 6.18 Å². The summed E-state index contributed by atoms with van der Waals surface area (Å²) in [5.41, 5.74) is -0.738. The highest BCUT2D eigenvalue weighted by molar-refractivity contribution is 5.29. The molecule has 0 saturated carbocycles. The molecule has 1 N–H and O–H groups in total. The lowest BCUT2D eigenvalue weighted by Crippen LogP contribution is -2.36. The average molecular weight is 278 g/mol. The second kappa shape index (κ2) is 6.83. The van der Waals surface area contributed by atoms with E-state index >= 15 is 0 Å². The lowest BCUT2D eigenvalue weighted by Gasteiger charge is -2.27. The first-order valence-corrected chi connectivity index (χ1v) is 5.75. The molecule has 1 rings (SSSR count). The molecule has 0 aromatic carbocycles. The van der Waals surface area contributed by atoms with Gasteiger partial charge in [0.2, 0.25) is 0 Å². The zero-order valence-corrected chi connectivity index (χ0v) is 11.0. The van der Waals surface area contributed by atoms with Crippen LogP contribution in [0.2, 0.25) is 0 Å². The molecular formula is C12H17F3N2O2. The van der Waals surface area contributed by atoms with E-state index in [1.165, 1.54) is 20.4 Å². The van der Waals surface area contributed by atoms with Gasteiger partial charge in [-0.25, -0.2) is 0 Å². The topological polar surface area (TPSA) is 43.4 Å². The Morgan fingerprint density at radius 2 is 1.95 bits per heavy atom. The summed E-state index contributed by atoms with van der Waals surface area (Å²) >= 11 is 0. The maximum absolute atomic E-state index is 13.0. The fraction of sp³-hybridized carbons (Fsp3) is 0.583. The van der Waals surface area contributed by atoms with Crippen molar-refractivity contribution in [1.82, 2.24) is 10.3 Å². The summed E-state index contributed by atoms with van der Waals surface area (Å²) in [6, 6.07) is 0.201. The molecule has 0 radical (unpaired) electrons. The normalized spacial score (nSPS) is 13.8. The quantitative estimate of drug-likeness (QED) is 0.811. The minimum absolute atomic E-state index is 0.00514. The monoisotopic (exact) mass is 278 g/mol. The van der Waals surface area contributed by atoms with E-state index in [1.807, 2.05) is 0 Å². The third-order valence-electron chi connectivity index (χ3n) is 2.65. The standard InChI is InChI=1S/C12H17F3N2O2/c1-4-17-10(11(18-2)19-3)8-7-16-6-5-9(8)12(13,14)15/h5-7,10-11,17H,4H2,1-3H3. The highest BCUT2D eigenvalue weighted by Gasteiger charge is 2.37. The van der Waals surface area contributed by atoms with Crippen LogP contribution in [-0.4, -0.2) is 32.0 Å². The van der Waals surface area contributed by atoms with Crippen LogP contribution in [0.5, 0.6) is 0 Å². The predicted molar refractivity (Wildman–Crippen MR) is 63.5 cm³/mol. The lowest BCUT2D eigenvalue weighted by atomic mass is 10.0. The predicted octanol–water partition coefficient (Wildman–Crippen LogP) is 2.37. The van der Waals surface area contributed by atoms with Gasteiger partial charge in [-0.05, 0) is 12.6 Å². The van der Waals surface area contributed by atoms with Crippen molar-refractivity contribution < 1.29 is 22.6 Å². The van der Waals surface area contributed by atoms with Gasteiger partial charge < -0.3 is 14.8 Å². The Hall–Kier alpha value is -1.18. The Labute approximate surface area is 109 Å². The number of hydrogen-bond donors (Lipinski definition) is 1. The van der Waals surface area contributed by atoms with Crippen molar-refractivity contribution in [3.05, 3.63) is 29.6 Å². The van der Waals surface area contributed by atoms with E-state index in [0.29, 0.717) is 6.54 Å². The largest absolute Gasteiger partial charge is 0.416 e. The number of methoxy groups -OCH3 is 2. The summed E-state index contributed by atoms with van der Waals surface area (Å²) in [6.45, 7) is 2.26. The first kappa shape index (κ1) is 15.9. The highest BCUT2D eigenvalue weighted by atomic mass is 19.4. The molecule has 1 atom stereocenters. The van der Waals surface area contributed by atoms with E-state index in [4.69, 9.17) is 9.47 Å². The Balaban J connectivity index is 3.22. The first-order chi connectivity index (χ1) is 8.95. The van der Waals surface area contributed by atoms with E-state index in [-0.39, 0.29) is 5.56 Å². The van der Waals surface area contributed by atoms with Gasteiger partial charge in [-0.3, -0.25) is 4.98 Å². The van der Waals surface area contributed by atoms with Gasteiger partial charge in [0, 0.05) is 32.2 Å². The summed E-state index contributed by atoms with van der Waals surface area (Å²) in [5.74, 6) is 0. The molecule has 0 amide bonds. The smallest absolute Gasteiger partial charge is 0.354 e. The summed E-state index contributed by atoms with van der Waals surface area (Å²) in [5, 5.41) is 2.92. The van der Waals surface area contributed by atoms with Crippen LogP contribution in [0.25, 0.3) is 0 Å². The highest BCUT2D eigenvalue weighted by Crippen LogP contribution is 2.35. The van der Waals surface area contributed by atoms with Crippen molar-refractivity contribution in [2.75, 3.05) is 20.8 Å². The van der Waals surface area contributed by atoms with Crippen LogP contribution in [0.15, 0.2) is 18.5 Å². The Morgan fingerprint density at radius 1 is 1.32 bits per heavy atom. The van der Waals surface area contributed by atoms with Gasteiger partial charge in [0.15, 0.2) is 6.29 Å². The van der Waals surface area contributed by atoms with Crippen molar-refractivity contribution in [3.8, 4) is 0 Å². The summed E-state index contributed by atoms with van der Waals surface area (Å²) in [7, 11) is 2.75. The molecule has 7 heteroatoms. The third-order valence-corrected chi connectivity index (χ3v) is 2.65. The molecule has 0 saturated heterocycles. The van der Waals surface area contributed by atoms with E-state index < -0.39 is 24.1 Å². The van der Waals surface area contributed by atoms with Crippen molar-refractivity contribution in [2.24, 2.45) is 0 Å². The molecule has 0 aliphatic carbocycles. The van der Waals surface area contributed by atoms with Gasteiger partial charge in [-0.2, -0.15) is 13.2 Å². The maximum atomic E-state index is 13.0. The number of halogens is 3. The molecule has 19 heavy (non-hydrogen) atoms. The Bertz CT molecular complexity index is 395. The molecule has 1 aromatic rings. The fourth-order valence-electron chi connectivity index (χ4n) is 1.85. The van der Waals surface area contributed by atoms with Crippen molar-refractivity contribution in [2.45, 2.75) is 25.4 Å². The van der Waals surface area contributed by atoms with E-state index in [9.17, 15) is 13.2 Å². The number of hydrogen-bond acceptors (Lipinski definition) is 4. The first-order valence-electron chi connectivity index (χ1n) is 5.75. The second-order valence-electron chi connectivity index (χ2n) is 3.84. The second-order valence-corrected chi connectivity index (χ2v) is 3.84. The van der Waals surface area contributed by atoms with E-state index in [0.717, 1.165) is 12.3 Å². The van der Waals surface area contributed by atoms with Gasteiger partial charge in [0.1, 0.15) is 0 Å². The van der Waals surface area contributed by atoms with Crippen molar-refractivity contribution in [3.63, 3.8) is 0 Å². The van der Waals surface area contributed by atoms with Crippen LogP contribution in [0, 0.1) is 0 Å². The van der Waals surface area contributed by atoms with Crippen molar-refractivity contribution >= 4 is 0 Å². The maximum Gasteiger partial charge on any atom is 0.416 e. The molecule has 0 spiro atoms. The third kappa shape index (κ3) is 3.89. The summed E-state index contributed by atoms with van der Waals surface area (Å²) in [6.07, 6.45) is -2.98. The van der Waals surface area contributed by atoms with Crippen molar-refractivity contribution in [1.29, 1.82) is 0 Å². The molecule has 0 aliphatic rings. The van der Waals surface area contributed by atoms with Crippen LogP contribution >= 0.6 is 0 Å². The van der Waals surface area contributed by atoms with E-state index in [1.54, 1.807) is 6.92 Å². The Kier molecular flexibility index (Phi) is 5.71. The SMILES string of the molecule is CCNC(c1cnccc1C(F)(F)F)C(OC)OC.